The monoisotopic (exact) mass is 411 g/mol. The molecule has 0 spiro atoms. The zero-order valence-corrected chi connectivity index (χ0v) is 16.9. The Morgan fingerprint density at radius 3 is 2.38 bits per heavy atom. The van der Waals surface area contributed by atoms with Crippen LogP contribution in [0.2, 0.25) is 0 Å². The van der Waals surface area contributed by atoms with Crippen molar-refractivity contribution >= 4 is 6.08 Å². The Balaban J connectivity index is 0.00000243. The van der Waals surface area contributed by atoms with Crippen molar-refractivity contribution in [3.63, 3.8) is 0 Å². The molecule has 1 heterocycles. The highest BCUT2D eigenvalue weighted by atomic mass is 79.9. The molecular formula is C23H26BrNO. The average molecular weight is 412 g/mol. The van der Waals surface area contributed by atoms with E-state index in [0.717, 1.165) is 49.4 Å². The van der Waals surface area contributed by atoms with Gasteiger partial charge in [0, 0.05) is 5.56 Å². The lowest BCUT2D eigenvalue weighted by molar-refractivity contribution is -0.923. The molecule has 0 aliphatic carbocycles. The molecule has 3 rings (SSSR count). The van der Waals surface area contributed by atoms with Gasteiger partial charge >= 0.3 is 0 Å². The van der Waals surface area contributed by atoms with Crippen LogP contribution in [0, 0.1) is 18.8 Å². The smallest absolute Gasteiger partial charge is 0.141 e. The number of hydrogen-bond acceptors (Lipinski definition) is 1. The third-order valence-corrected chi connectivity index (χ3v) is 4.72. The van der Waals surface area contributed by atoms with Crippen LogP contribution in [0.5, 0.6) is 0 Å². The Bertz CT molecular complexity index is 750. The molecule has 1 aliphatic heterocycles. The van der Waals surface area contributed by atoms with E-state index in [4.69, 9.17) is 4.74 Å². The molecule has 2 aromatic carbocycles. The van der Waals surface area contributed by atoms with Gasteiger partial charge < -0.3 is 26.2 Å². The third-order valence-electron chi connectivity index (χ3n) is 4.72. The number of halogens is 1. The number of quaternary nitrogens is 1. The van der Waals surface area contributed by atoms with Crippen LogP contribution in [0.3, 0.4) is 0 Å². The summed E-state index contributed by atoms with van der Waals surface area (Å²) >= 11 is 0. The third kappa shape index (κ3) is 6.14. The number of ether oxygens (including phenoxy) is 1. The van der Waals surface area contributed by atoms with Crippen LogP contribution < -0.4 is 17.0 Å². The van der Waals surface area contributed by atoms with Gasteiger partial charge in [0.1, 0.15) is 19.6 Å². The van der Waals surface area contributed by atoms with E-state index in [1.165, 1.54) is 11.1 Å². The first-order valence-corrected chi connectivity index (χ1v) is 8.96. The molecule has 26 heavy (non-hydrogen) atoms. The first kappa shape index (κ1) is 20.5. The van der Waals surface area contributed by atoms with Gasteiger partial charge in [-0.05, 0) is 36.6 Å². The fourth-order valence-corrected chi connectivity index (χ4v) is 3.06. The fourth-order valence-electron chi connectivity index (χ4n) is 3.06. The summed E-state index contributed by atoms with van der Waals surface area (Å²) in [6, 6.07) is 18.9. The number of benzene rings is 2. The van der Waals surface area contributed by atoms with Gasteiger partial charge in [-0.3, -0.25) is 0 Å². The molecule has 1 fully saturated rings. The van der Waals surface area contributed by atoms with Gasteiger partial charge in [-0.25, -0.2) is 0 Å². The molecule has 136 valence electrons. The normalized spacial score (nSPS) is 15.7. The van der Waals surface area contributed by atoms with Gasteiger partial charge in [0.2, 0.25) is 0 Å². The quantitative estimate of drug-likeness (QED) is 0.536. The van der Waals surface area contributed by atoms with E-state index >= 15 is 0 Å². The van der Waals surface area contributed by atoms with Gasteiger partial charge in [-0.2, -0.15) is 0 Å². The molecule has 0 radical (unpaired) electrons. The van der Waals surface area contributed by atoms with Crippen molar-refractivity contribution < 1.29 is 26.2 Å². The Labute approximate surface area is 167 Å². The highest BCUT2D eigenvalue weighted by Gasteiger charge is 2.28. The number of rotatable bonds is 4. The maximum absolute atomic E-state index is 5.58. The van der Waals surface area contributed by atoms with Crippen molar-refractivity contribution in [2.24, 2.45) is 0 Å². The van der Waals surface area contributed by atoms with E-state index in [9.17, 15) is 0 Å². The maximum Gasteiger partial charge on any atom is 0.141 e. The summed E-state index contributed by atoms with van der Waals surface area (Å²) in [5.74, 6) is 6.73. The second-order valence-corrected chi connectivity index (χ2v) is 6.72. The number of aryl methyl sites for hydroxylation is 1. The Kier molecular flexibility index (Phi) is 8.12. The molecule has 0 aromatic heterocycles. The van der Waals surface area contributed by atoms with Gasteiger partial charge in [0.25, 0.3) is 0 Å². The van der Waals surface area contributed by atoms with Crippen LogP contribution in [0.4, 0.5) is 0 Å². The summed E-state index contributed by atoms with van der Waals surface area (Å²) in [6.07, 6.45) is 4.50. The van der Waals surface area contributed by atoms with Crippen LogP contribution in [-0.2, 0) is 4.74 Å². The van der Waals surface area contributed by atoms with Gasteiger partial charge in [-0.1, -0.05) is 60.0 Å². The van der Waals surface area contributed by atoms with Gasteiger partial charge in [0.15, 0.2) is 0 Å². The van der Waals surface area contributed by atoms with Crippen molar-refractivity contribution in [1.29, 1.82) is 0 Å². The number of nitrogens with zero attached hydrogens (tertiary/aromatic N) is 1. The molecule has 1 saturated heterocycles. The molecule has 2 aromatic rings. The van der Waals surface area contributed by atoms with Gasteiger partial charge in [0.05, 0.1) is 19.8 Å². The molecule has 0 unspecified atom stereocenters. The van der Waals surface area contributed by atoms with Crippen LogP contribution in [-0.4, -0.2) is 43.9 Å². The zero-order valence-electron chi connectivity index (χ0n) is 15.3. The van der Waals surface area contributed by atoms with Crippen molar-refractivity contribution in [2.75, 3.05) is 39.4 Å². The lowest BCUT2D eigenvalue weighted by Gasteiger charge is -2.39. The molecule has 0 N–H and O–H groups in total. The van der Waals surface area contributed by atoms with Crippen LogP contribution in [0.25, 0.3) is 6.08 Å². The lowest BCUT2D eigenvalue weighted by atomic mass is 10.1. The summed E-state index contributed by atoms with van der Waals surface area (Å²) < 4.78 is 6.57. The predicted octanol–water partition coefficient (Wildman–Crippen LogP) is 0.911. The Hall–Kier alpha value is -1.86. The predicted molar refractivity (Wildman–Crippen MR) is 104 cm³/mol. The largest absolute Gasteiger partial charge is 1.00 e. The summed E-state index contributed by atoms with van der Waals surface area (Å²) in [7, 11) is 0. The van der Waals surface area contributed by atoms with Crippen molar-refractivity contribution in [1.82, 2.24) is 0 Å². The first-order valence-electron chi connectivity index (χ1n) is 8.96. The summed E-state index contributed by atoms with van der Waals surface area (Å²) in [6.45, 7) is 7.68. The van der Waals surface area contributed by atoms with E-state index < -0.39 is 0 Å². The van der Waals surface area contributed by atoms with Gasteiger partial charge in [-0.15, -0.1) is 0 Å². The highest BCUT2D eigenvalue weighted by molar-refractivity contribution is 5.48. The average Bonchev–Trinajstić information content (AvgIpc) is 2.65. The first-order chi connectivity index (χ1) is 12.3. The molecule has 0 bridgehead atoms. The minimum atomic E-state index is 0. The van der Waals surface area contributed by atoms with E-state index in [1.807, 2.05) is 6.07 Å². The molecule has 1 aliphatic rings. The molecule has 2 nitrogen and oxygen atoms in total. The van der Waals surface area contributed by atoms with Crippen LogP contribution in [0.1, 0.15) is 16.7 Å². The van der Waals surface area contributed by atoms with E-state index in [-0.39, 0.29) is 17.0 Å². The topological polar surface area (TPSA) is 9.23 Å². The standard InChI is InChI=1S/C23H26NO.BrH/c1-21-11-13-23(14-12-21)10-6-16-24(17-19-25-20-18-24)15-5-9-22-7-3-2-4-8-22;/h2-5,7-9,11-14H,15-20H2,1H3;1H/q+1;/p-1. The van der Waals surface area contributed by atoms with Crippen molar-refractivity contribution in [3.05, 3.63) is 77.4 Å². The Morgan fingerprint density at radius 2 is 1.69 bits per heavy atom. The molecule has 0 atom stereocenters. The van der Waals surface area contributed by atoms with Crippen LogP contribution >= 0.6 is 0 Å². The summed E-state index contributed by atoms with van der Waals surface area (Å²) in [5, 5.41) is 0. The minimum absolute atomic E-state index is 0. The summed E-state index contributed by atoms with van der Waals surface area (Å²) in [4.78, 5) is 0. The van der Waals surface area contributed by atoms with E-state index in [2.05, 4.69) is 79.4 Å². The fraction of sp³-hybridized carbons (Fsp3) is 0.304. The van der Waals surface area contributed by atoms with E-state index in [1.54, 1.807) is 0 Å². The van der Waals surface area contributed by atoms with Crippen LogP contribution in [0.15, 0.2) is 60.7 Å². The molecule has 3 heteroatoms. The number of hydrogen-bond donors (Lipinski definition) is 0. The second-order valence-electron chi connectivity index (χ2n) is 6.72. The Morgan fingerprint density at radius 1 is 1.00 bits per heavy atom. The lowest BCUT2D eigenvalue weighted by Crippen LogP contribution is -3.00. The maximum atomic E-state index is 5.58. The SMILES string of the molecule is Cc1ccc(C#CC[N+]2(CC=Cc3ccccc3)CCOCC2)cc1.[Br-]. The molecule has 0 saturated carbocycles. The number of morpholine rings is 1. The molecule has 0 amide bonds. The van der Waals surface area contributed by atoms with E-state index in [0.29, 0.717) is 0 Å². The van der Waals surface area contributed by atoms with Crippen molar-refractivity contribution in [3.8, 4) is 11.8 Å². The highest BCUT2D eigenvalue weighted by Crippen LogP contribution is 2.12. The summed E-state index contributed by atoms with van der Waals surface area (Å²) in [5.41, 5.74) is 3.62. The molecular weight excluding hydrogens is 386 g/mol. The minimum Gasteiger partial charge on any atom is -1.00 e. The van der Waals surface area contributed by atoms with Crippen molar-refractivity contribution in [2.45, 2.75) is 6.92 Å². The second kappa shape index (κ2) is 10.3. The zero-order chi connectivity index (χ0) is 17.4.